The predicted octanol–water partition coefficient (Wildman–Crippen LogP) is 2.42. The molecule has 0 amide bonds. The Morgan fingerprint density at radius 3 is 2.91 bits per heavy atom. The molecule has 1 N–H and O–H groups in total. The molecule has 1 fully saturated rings. The number of rotatable bonds is 2. The molecule has 11 heavy (non-hydrogen) atoms. The van der Waals surface area contributed by atoms with Gasteiger partial charge in [0.05, 0.1) is 0 Å². The molecule has 0 radical (unpaired) electrons. The zero-order valence-corrected chi connectivity index (χ0v) is 7.90. The first kappa shape index (κ1) is 9.05. The first-order chi connectivity index (χ1) is 5.29. The molecule has 1 aliphatic heterocycles. The standard InChI is InChI=1S/C10H21N/c1-9(2)7-10-5-3-4-6-11-8-10/h9-11H,3-8H2,1-2H3/t10-/m0/s1. The minimum Gasteiger partial charge on any atom is -0.316 e. The summed E-state index contributed by atoms with van der Waals surface area (Å²) in [6, 6.07) is 0. The van der Waals surface area contributed by atoms with Crippen LogP contribution in [0.25, 0.3) is 0 Å². The molecule has 0 bridgehead atoms. The van der Waals surface area contributed by atoms with Crippen molar-refractivity contribution in [3.8, 4) is 0 Å². The molecule has 0 aromatic rings. The molecule has 0 aromatic carbocycles. The lowest BCUT2D eigenvalue weighted by atomic mass is 9.93. The van der Waals surface area contributed by atoms with E-state index in [9.17, 15) is 0 Å². The highest BCUT2D eigenvalue weighted by molar-refractivity contribution is 4.68. The summed E-state index contributed by atoms with van der Waals surface area (Å²) >= 11 is 0. The van der Waals surface area contributed by atoms with Crippen LogP contribution in [0.15, 0.2) is 0 Å². The van der Waals surface area contributed by atoms with Crippen LogP contribution in [0, 0.1) is 11.8 Å². The van der Waals surface area contributed by atoms with E-state index < -0.39 is 0 Å². The van der Waals surface area contributed by atoms with Crippen LogP contribution in [-0.4, -0.2) is 13.1 Å². The maximum Gasteiger partial charge on any atom is -0.00204 e. The second-order valence-electron chi connectivity index (χ2n) is 4.20. The van der Waals surface area contributed by atoms with Gasteiger partial charge in [-0.05, 0) is 44.2 Å². The molecule has 1 heteroatoms. The third-order valence-corrected chi connectivity index (χ3v) is 2.45. The first-order valence-corrected chi connectivity index (χ1v) is 4.99. The van der Waals surface area contributed by atoms with Crippen molar-refractivity contribution in [3.63, 3.8) is 0 Å². The molecule has 1 rings (SSSR count). The highest BCUT2D eigenvalue weighted by atomic mass is 14.9. The summed E-state index contributed by atoms with van der Waals surface area (Å²) in [6.45, 7) is 7.16. The van der Waals surface area contributed by atoms with Crippen LogP contribution in [0.2, 0.25) is 0 Å². The van der Waals surface area contributed by atoms with Crippen LogP contribution in [0.4, 0.5) is 0 Å². The molecule has 1 atom stereocenters. The Morgan fingerprint density at radius 1 is 1.36 bits per heavy atom. The number of hydrogen-bond donors (Lipinski definition) is 1. The average Bonchev–Trinajstić information content (AvgIpc) is 2.14. The van der Waals surface area contributed by atoms with Crippen LogP contribution in [0.1, 0.15) is 39.5 Å². The van der Waals surface area contributed by atoms with Gasteiger partial charge in [-0.25, -0.2) is 0 Å². The number of nitrogens with one attached hydrogen (secondary N) is 1. The molecule has 1 nitrogen and oxygen atoms in total. The zero-order chi connectivity index (χ0) is 8.10. The molecule has 1 aliphatic rings. The molecule has 0 saturated carbocycles. The molecular formula is C10H21N. The van der Waals surface area contributed by atoms with Gasteiger partial charge in [0.25, 0.3) is 0 Å². The molecule has 0 unspecified atom stereocenters. The van der Waals surface area contributed by atoms with Gasteiger partial charge in [-0.1, -0.05) is 20.3 Å². The summed E-state index contributed by atoms with van der Waals surface area (Å²) in [5, 5.41) is 3.50. The molecule has 66 valence electrons. The second kappa shape index (κ2) is 4.76. The van der Waals surface area contributed by atoms with Crippen LogP contribution in [0.3, 0.4) is 0 Å². The Labute approximate surface area is 70.6 Å². The van der Waals surface area contributed by atoms with Crippen molar-refractivity contribution in [2.45, 2.75) is 39.5 Å². The van der Waals surface area contributed by atoms with Gasteiger partial charge < -0.3 is 5.32 Å². The Kier molecular flexibility index (Phi) is 3.92. The van der Waals surface area contributed by atoms with E-state index in [1.807, 2.05) is 0 Å². The molecule has 0 aliphatic carbocycles. The lowest BCUT2D eigenvalue weighted by Gasteiger charge is -2.15. The maximum atomic E-state index is 3.50. The predicted molar refractivity (Wildman–Crippen MR) is 49.7 cm³/mol. The maximum absolute atomic E-state index is 3.50. The Bertz CT molecular complexity index is 91.0. The van der Waals surface area contributed by atoms with Gasteiger partial charge in [0.1, 0.15) is 0 Å². The molecule has 0 aromatic heterocycles. The summed E-state index contributed by atoms with van der Waals surface area (Å²) in [4.78, 5) is 0. The lowest BCUT2D eigenvalue weighted by Crippen LogP contribution is -2.21. The van der Waals surface area contributed by atoms with Crippen molar-refractivity contribution in [1.29, 1.82) is 0 Å². The van der Waals surface area contributed by atoms with Crippen molar-refractivity contribution < 1.29 is 0 Å². The fraction of sp³-hybridized carbons (Fsp3) is 1.00. The van der Waals surface area contributed by atoms with Crippen molar-refractivity contribution in [3.05, 3.63) is 0 Å². The van der Waals surface area contributed by atoms with Crippen molar-refractivity contribution in [2.24, 2.45) is 11.8 Å². The second-order valence-corrected chi connectivity index (χ2v) is 4.20. The summed E-state index contributed by atoms with van der Waals surface area (Å²) in [5.74, 6) is 1.83. The summed E-state index contributed by atoms with van der Waals surface area (Å²) in [6.07, 6.45) is 5.68. The SMILES string of the molecule is CC(C)C[C@@H]1CCCCNC1. The number of hydrogen-bond acceptors (Lipinski definition) is 1. The minimum absolute atomic E-state index is 0.875. The van der Waals surface area contributed by atoms with E-state index in [0.717, 1.165) is 11.8 Å². The third-order valence-electron chi connectivity index (χ3n) is 2.45. The van der Waals surface area contributed by atoms with Gasteiger partial charge in [0.2, 0.25) is 0 Å². The van der Waals surface area contributed by atoms with Crippen LogP contribution in [0.5, 0.6) is 0 Å². The minimum atomic E-state index is 0.875. The first-order valence-electron chi connectivity index (χ1n) is 4.99. The van der Waals surface area contributed by atoms with Crippen molar-refractivity contribution in [1.82, 2.24) is 5.32 Å². The summed E-state index contributed by atoms with van der Waals surface area (Å²) in [7, 11) is 0. The Hall–Kier alpha value is -0.0400. The van der Waals surface area contributed by atoms with Crippen molar-refractivity contribution in [2.75, 3.05) is 13.1 Å². The third kappa shape index (κ3) is 3.76. The lowest BCUT2D eigenvalue weighted by molar-refractivity contribution is 0.384. The van der Waals surface area contributed by atoms with E-state index in [2.05, 4.69) is 19.2 Å². The topological polar surface area (TPSA) is 12.0 Å². The fourth-order valence-corrected chi connectivity index (χ4v) is 1.96. The largest absolute Gasteiger partial charge is 0.316 e. The van der Waals surface area contributed by atoms with E-state index in [1.54, 1.807) is 0 Å². The van der Waals surface area contributed by atoms with Crippen LogP contribution in [-0.2, 0) is 0 Å². The quantitative estimate of drug-likeness (QED) is 0.646. The van der Waals surface area contributed by atoms with E-state index in [0.29, 0.717) is 0 Å². The highest BCUT2D eigenvalue weighted by Gasteiger charge is 2.12. The average molecular weight is 155 g/mol. The van der Waals surface area contributed by atoms with Gasteiger partial charge in [0, 0.05) is 0 Å². The van der Waals surface area contributed by atoms with E-state index in [4.69, 9.17) is 0 Å². The zero-order valence-electron chi connectivity index (χ0n) is 7.90. The molecule has 0 spiro atoms. The Morgan fingerprint density at radius 2 is 2.18 bits per heavy atom. The van der Waals surface area contributed by atoms with Gasteiger partial charge in [-0.2, -0.15) is 0 Å². The molecular weight excluding hydrogens is 134 g/mol. The molecule has 1 heterocycles. The van der Waals surface area contributed by atoms with Gasteiger partial charge >= 0.3 is 0 Å². The highest BCUT2D eigenvalue weighted by Crippen LogP contribution is 2.18. The van der Waals surface area contributed by atoms with Gasteiger partial charge in [-0.15, -0.1) is 0 Å². The smallest absolute Gasteiger partial charge is 0.00204 e. The van der Waals surface area contributed by atoms with E-state index in [-0.39, 0.29) is 0 Å². The van der Waals surface area contributed by atoms with Crippen LogP contribution >= 0.6 is 0 Å². The van der Waals surface area contributed by atoms with E-state index in [1.165, 1.54) is 38.8 Å². The Balaban J connectivity index is 2.20. The normalized spacial score (nSPS) is 27.0. The monoisotopic (exact) mass is 155 g/mol. The van der Waals surface area contributed by atoms with Crippen LogP contribution < -0.4 is 5.32 Å². The molecule has 1 saturated heterocycles. The van der Waals surface area contributed by atoms with Gasteiger partial charge in [0.15, 0.2) is 0 Å². The van der Waals surface area contributed by atoms with Gasteiger partial charge in [-0.3, -0.25) is 0 Å². The summed E-state index contributed by atoms with van der Waals surface area (Å²) < 4.78 is 0. The van der Waals surface area contributed by atoms with E-state index >= 15 is 0 Å². The summed E-state index contributed by atoms with van der Waals surface area (Å²) in [5.41, 5.74) is 0. The fourth-order valence-electron chi connectivity index (χ4n) is 1.96. The van der Waals surface area contributed by atoms with Crippen molar-refractivity contribution >= 4 is 0 Å².